The van der Waals surface area contributed by atoms with Crippen LogP contribution in [-0.4, -0.2) is 15.5 Å². The SMILES string of the molecule is Cn1cc(C(=O)Nc2ccc(N)nc2)c2ccccc21. The molecular formula is C15H14N4O. The Morgan fingerprint density at radius 1 is 1.25 bits per heavy atom. The monoisotopic (exact) mass is 266 g/mol. The van der Waals surface area contributed by atoms with Gasteiger partial charge in [0.1, 0.15) is 5.82 Å². The minimum absolute atomic E-state index is 0.159. The summed E-state index contributed by atoms with van der Waals surface area (Å²) >= 11 is 0. The Labute approximate surface area is 116 Å². The quantitative estimate of drug-likeness (QED) is 0.748. The van der Waals surface area contributed by atoms with E-state index in [1.807, 2.05) is 42.1 Å². The number of nitrogen functional groups attached to an aromatic ring is 1. The Bertz CT molecular complexity index is 774. The smallest absolute Gasteiger partial charge is 0.257 e. The highest BCUT2D eigenvalue weighted by Gasteiger charge is 2.13. The Morgan fingerprint density at radius 3 is 2.80 bits per heavy atom. The molecule has 0 spiro atoms. The number of benzene rings is 1. The molecule has 20 heavy (non-hydrogen) atoms. The van der Waals surface area contributed by atoms with Crippen molar-refractivity contribution in [1.82, 2.24) is 9.55 Å². The summed E-state index contributed by atoms with van der Waals surface area (Å²) in [5, 5.41) is 3.75. The van der Waals surface area contributed by atoms with E-state index in [4.69, 9.17) is 5.73 Å². The Morgan fingerprint density at radius 2 is 2.05 bits per heavy atom. The number of nitrogens with one attached hydrogen (secondary N) is 1. The van der Waals surface area contributed by atoms with Gasteiger partial charge in [-0.1, -0.05) is 18.2 Å². The average molecular weight is 266 g/mol. The lowest BCUT2D eigenvalue weighted by Crippen LogP contribution is -2.11. The van der Waals surface area contributed by atoms with Crippen molar-refractivity contribution in [2.24, 2.45) is 7.05 Å². The van der Waals surface area contributed by atoms with Crippen molar-refractivity contribution < 1.29 is 4.79 Å². The van der Waals surface area contributed by atoms with Gasteiger partial charge in [-0.3, -0.25) is 4.79 Å². The number of pyridine rings is 1. The summed E-state index contributed by atoms with van der Waals surface area (Å²) in [6, 6.07) is 11.2. The molecule has 0 aliphatic rings. The maximum Gasteiger partial charge on any atom is 0.257 e. The summed E-state index contributed by atoms with van der Waals surface area (Å²) in [5.74, 6) is 0.265. The predicted octanol–water partition coefficient (Wildman–Crippen LogP) is 2.41. The van der Waals surface area contributed by atoms with Gasteiger partial charge in [0, 0.05) is 24.1 Å². The van der Waals surface area contributed by atoms with Crippen LogP contribution in [0.15, 0.2) is 48.8 Å². The molecule has 0 aliphatic heterocycles. The van der Waals surface area contributed by atoms with Gasteiger partial charge in [-0.2, -0.15) is 0 Å². The van der Waals surface area contributed by atoms with Crippen molar-refractivity contribution in [1.29, 1.82) is 0 Å². The van der Waals surface area contributed by atoms with E-state index < -0.39 is 0 Å². The van der Waals surface area contributed by atoms with Crippen molar-refractivity contribution in [3.63, 3.8) is 0 Å². The molecule has 3 aromatic rings. The minimum atomic E-state index is -0.159. The number of para-hydroxylation sites is 1. The molecule has 2 heterocycles. The largest absolute Gasteiger partial charge is 0.384 e. The first-order valence-electron chi connectivity index (χ1n) is 6.22. The zero-order valence-corrected chi connectivity index (χ0v) is 11.0. The Kier molecular flexibility index (Phi) is 2.87. The molecule has 0 bridgehead atoms. The number of nitrogens with zero attached hydrogens (tertiary/aromatic N) is 2. The van der Waals surface area contributed by atoms with Crippen LogP contribution in [-0.2, 0) is 7.05 Å². The zero-order valence-electron chi connectivity index (χ0n) is 11.0. The Hall–Kier alpha value is -2.82. The minimum Gasteiger partial charge on any atom is -0.384 e. The first-order valence-corrected chi connectivity index (χ1v) is 6.22. The topological polar surface area (TPSA) is 72.9 Å². The molecule has 100 valence electrons. The maximum atomic E-state index is 12.3. The van der Waals surface area contributed by atoms with Crippen LogP contribution in [0.4, 0.5) is 11.5 Å². The highest BCUT2D eigenvalue weighted by molar-refractivity contribution is 6.12. The summed E-state index contributed by atoms with van der Waals surface area (Å²) < 4.78 is 1.94. The molecule has 5 heteroatoms. The van der Waals surface area contributed by atoms with E-state index in [1.165, 1.54) is 0 Å². The van der Waals surface area contributed by atoms with Crippen LogP contribution < -0.4 is 11.1 Å². The van der Waals surface area contributed by atoms with Crippen LogP contribution >= 0.6 is 0 Å². The van der Waals surface area contributed by atoms with Crippen molar-refractivity contribution >= 4 is 28.3 Å². The molecule has 0 fully saturated rings. The third-order valence-corrected chi connectivity index (χ3v) is 3.19. The van der Waals surface area contributed by atoms with Gasteiger partial charge in [-0.05, 0) is 18.2 Å². The highest BCUT2D eigenvalue weighted by atomic mass is 16.1. The molecule has 2 aromatic heterocycles. The van der Waals surface area contributed by atoms with Crippen LogP contribution in [0.2, 0.25) is 0 Å². The van der Waals surface area contributed by atoms with Gasteiger partial charge in [-0.25, -0.2) is 4.98 Å². The molecule has 0 atom stereocenters. The molecule has 3 rings (SSSR count). The lowest BCUT2D eigenvalue weighted by molar-refractivity contribution is 0.102. The Balaban J connectivity index is 1.95. The zero-order chi connectivity index (χ0) is 14.1. The van der Waals surface area contributed by atoms with Crippen LogP contribution in [0.25, 0.3) is 10.9 Å². The van der Waals surface area contributed by atoms with Gasteiger partial charge in [0.15, 0.2) is 0 Å². The van der Waals surface area contributed by atoms with Crippen molar-refractivity contribution in [2.75, 3.05) is 11.1 Å². The summed E-state index contributed by atoms with van der Waals surface area (Å²) in [6.45, 7) is 0. The van der Waals surface area contributed by atoms with Crippen molar-refractivity contribution in [3.05, 3.63) is 54.4 Å². The number of aryl methyl sites for hydroxylation is 1. The van der Waals surface area contributed by atoms with E-state index in [0.29, 0.717) is 17.1 Å². The third kappa shape index (κ3) is 2.09. The van der Waals surface area contributed by atoms with Gasteiger partial charge in [0.25, 0.3) is 5.91 Å². The van der Waals surface area contributed by atoms with Gasteiger partial charge in [0.2, 0.25) is 0 Å². The van der Waals surface area contributed by atoms with Crippen LogP contribution in [0.3, 0.4) is 0 Å². The second-order valence-electron chi connectivity index (χ2n) is 4.60. The van der Waals surface area contributed by atoms with Gasteiger partial charge in [0.05, 0.1) is 17.4 Å². The summed E-state index contributed by atoms with van der Waals surface area (Å²) in [5.41, 5.74) is 7.80. The van der Waals surface area contributed by atoms with E-state index >= 15 is 0 Å². The number of carbonyl (C=O) groups excluding carboxylic acids is 1. The molecular weight excluding hydrogens is 252 g/mol. The third-order valence-electron chi connectivity index (χ3n) is 3.19. The van der Waals surface area contributed by atoms with E-state index in [-0.39, 0.29) is 5.91 Å². The van der Waals surface area contributed by atoms with Gasteiger partial charge >= 0.3 is 0 Å². The molecule has 0 saturated carbocycles. The number of hydrogen-bond acceptors (Lipinski definition) is 3. The standard InChI is InChI=1S/C15H14N4O/c1-19-9-12(11-4-2-3-5-13(11)19)15(20)18-10-6-7-14(16)17-8-10/h2-9H,1H3,(H2,16,17)(H,18,20). The number of carbonyl (C=O) groups is 1. The lowest BCUT2D eigenvalue weighted by atomic mass is 10.1. The molecule has 0 saturated heterocycles. The normalized spacial score (nSPS) is 10.7. The van der Waals surface area contributed by atoms with Crippen LogP contribution in [0, 0.1) is 0 Å². The fraction of sp³-hybridized carbons (Fsp3) is 0.0667. The molecule has 0 aliphatic carbocycles. The maximum absolute atomic E-state index is 12.3. The molecule has 3 N–H and O–H groups in total. The van der Waals surface area contributed by atoms with E-state index in [1.54, 1.807) is 18.3 Å². The number of hydrogen-bond donors (Lipinski definition) is 2. The van der Waals surface area contributed by atoms with Crippen LogP contribution in [0.1, 0.15) is 10.4 Å². The first-order chi connectivity index (χ1) is 9.65. The second kappa shape index (κ2) is 4.70. The number of nitrogens with two attached hydrogens (primary N) is 1. The summed E-state index contributed by atoms with van der Waals surface area (Å²) in [6.07, 6.45) is 3.36. The van der Waals surface area contributed by atoms with E-state index in [9.17, 15) is 4.79 Å². The van der Waals surface area contributed by atoms with E-state index in [2.05, 4.69) is 10.3 Å². The van der Waals surface area contributed by atoms with Crippen molar-refractivity contribution in [3.8, 4) is 0 Å². The van der Waals surface area contributed by atoms with Crippen LogP contribution in [0.5, 0.6) is 0 Å². The number of anilines is 2. The lowest BCUT2D eigenvalue weighted by Gasteiger charge is -2.04. The fourth-order valence-electron chi connectivity index (χ4n) is 2.20. The number of aromatic nitrogens is 2. The highest BCUT2D eigenvalue weighted by Crippen LogP contribution is 2.21. The summed E-state index contributed by atoms with van der Waals surface area (Å²) in [4.78, 5) is 16.3. The molecule has 1 amide bonds. The fourth-order valence-corrected chi connectivity index (χ4v) is 2.20. The first kappa shape index (κ1) is 12.2. The second-order valence-corrected chi connectivity index (χ2v) is 4.60. The van der Waals surface area contributed by atoms with Gasteiger partial charge in [-0.15, -0.1) is 0 Å². The number of rotatable bonds is 2. The number of amides is 1. The van der Waals surface area contributed by atoms with E-state index in [0.717, 1.165) is 10.9 Å². The molecule has 5 nitrogen and oxygen atoms in total. The average Bonchev–Trinajstić information content (AvgIpc) is 2.79. The van der Waals surface area contributed by atoms with Gasteiger partial charge < -0.3 is 15.6 Å². The molecule has 1 aromatic carbocycles. The van der Waals surface area contributed by atoms with Crippen molar-refractivity contribution in [2.45, 2.75) is 0 Å². The summed E-state index contributed by atoms with van der Waals surface area (Å²) in [7, 11) is 1.92. The molecule has 0 unspecified atom stereocenters. The number of fused-ring (bicyclic) bond motifs is 1. The molecule has 0 radical (unpaired) electrons. The predicted molar refractivity (Wildman–Crippen MR) is 79.5 cm³/mol.